The molecule has 0 aliphatic carbocycles. The summed E-state index contributed by atoms with van der Waals surface area (Å²) in [7, 11) is 0. The minimum Gasteiger partial charge on any atom is -0.398 e. The average molecular weight is 300 g/mol. The van der Waals surface area contributed by atoms with Crippen molar-refractivity contribution in [2.24, 2.45) is 0 Å². The summed E-state index contributed by atoms with van der Waals surface area (Å²) in [5, 5.41) is 0.397. The quantitative estimate of drug-likeness (QED) is 0.648. The van der Waals surface area contributed by atoms with Crippen LogP contribution in [-0.4, -0.2) is 5.75 Å². The number of alkyl halides is 2. The molecule has 2 N–H and O–H groups in total. The van der Waals surface area contributed by atoms with Gasteiger partial charge < -0.3 is 5.73 Å². The van der Waals surface area contributed by atoms with E-state index in [-0.39, 0.29) is 5.56 Å². The van der Waals surface area contributed by atoms with Crippen LogP contribution < -0.4 is 5.73 Å². The van der Waals surface area contributed by atoms with Crippen LogP contribution in [0.4, 0.5) is 14.5 Å². The molecule has 0 aliphatic rings. The Morgan fingerprint density at radius 2 is 1.74 bits per heavy atom. The highest BCUT2D eigenvalue weighted by Gasteiger charge is 2.31. The summed E-state index contributed by atoms with van der Waals surface area (Å²) >= 11 is 6.93. The molecule has 2 rings (SSSR count). The number of anilines is 1. The van der Waals surface area contributed by atoms with Crippen LogP contribution in [0.15, 0.2) is 53.4 Å². The molecule has 0 aliphatic heterocycles. The lowest BCUT2D eigenvalue weighted by molar-refractivity contribution is 0.0232. The van der Waals surface area contributed by atoms with E-state index in [0.29, 0.717) is 15.6 Å². The van der Waals surface area contributed by atoms with Crippen LogP contribution in [0, 0.1) is 0 Å². The van der Waals surface area contributed by atoms with Crippen LogP contribution in [-0.2, 0) is 5.92 Å². The maximum Gasteiger partial charge on any atom is 0.282 e. The van der Waals surface area contributed by atoms with Gasteiger partial charge in [0, 0.05) is 16.1 Å². The van der Waals surface area contributed by atoms with E-state index in [0.717, 1.165) is 11.8 Å². The van der Waals surface area contributed by atoms with E-state index in [1.165, 1.54) is 12.1 Å². The first kappa shape index (κ1) is 14.2. The predicted molar refractivity (Wildman–Crippen MR) is 76.9 cm³/mol. The van der Waals surface area contributed by atoms with Gasteiger partial charge in [-0.1, -0.05) is 48.0 Å². The summed E-state index contributed by atoms with van der Waals surface area (Å²) in [6.07, 6.45) is 0. The molecule has 0 heterocycles. The third-order valence-electron chi connectivity index (χ3n) is 2.59. The van der Waals surface area contributed by atoms with Gasteiger partial charge in [0.1, 0.15) is 0 Å². The molecule has 5 heteroatoms. The van der Waals surface area contributed by atoms with Crippen molar-refractivity contribution in [1.29, 1.82) is 0 Å². The van der Waals surface area contributed by atoms with Gasteiger partial charge in [-0.15, -0.1) is 11.8 Å². The molecule has 2 aromatic carbocycles. The van der Waals surface area contributed by atoms with Gasteiger partial charge in [-0.3, -0.25) is 0 Å². The van der Waals surface area contributed by atoms with Crippen molar-refractivity contribution in [2.75, 3.05) is 11.5 Å². The number of hydrogen-bond acceptors (Lipinski definition) is 2. The molecule has 0 saturated carbocycles. The molecule has 0 amide bonds. The zero-order valence-electron chi connectivity index (χ0n) is 9.95. The normalized spacial score (nSPS) is 11.5. The number of hydrogen-bond donors (Lipinski definition) is 1. The Morgan fingerprint density at radius 1 is 1.05 bits per heavy atom. The van der Waals surface area contributed by atoms with Crippen molar-refractivity contribution in [1.82, 2.24) is 0 Å². The largest absolute Gasteiger partial charge is 0.398 e. The van der Waals surface area contributed by atoms with E-state index in [9.17, 15) is 8.78 Å². The Hall–Kier alpha value is -1.26. The lowest BCUT2D eigenvalue weighted by Gasteiger charge is -2.17. The van der Waals surface area contributed by atoms with Gasteiger partial charge >= 0.3 is 0 Å². The minimum absolute atomic E-state index is 0.00637. The van der Waals surface area contributed by atoms with Gasteiger partial charge in [-0.25, -0.2) is 8.78 Å². The molecule has 0 atom stereocenters. The van der Waals surface area contributed by atoms with E-state index in [4.69, 9.17) is 17.3 Å². The van der Waals surface area contributed by atoms with Crippen LogP contribution in [0.2, 0.25) is 5.02 Å². The van der Waals surface area contributed by atoms with Crippen molar-refractivity contribution in [3.8, 4) is 0 Å². The molecule has 2 aromatic rings. The van der Waals surface area contributed by atoms with Crippen molar-refractivity contribution >= 4 is 29.1 Å². The highest BCUT2D eigenvalue weighted by Crippen LogP contribution is 2.39. The second kappa shape index (κ2) is 5.80. The first-order valence-electron chi connectivity index (χ1n) is 5.61. The van der Waals surface area contributed by atoms with Crippen LogP contribution in [0.3, 0.4) is 0 Å². The lowest BCUT2D eigenvalue weighted by Crippen LogP contribution is -2.16. The molecule has 19 heavy (non-hydrogen) atoms. The fourth-order valence-corrected chi connectivity index (χ4v) is 2.88. The Balaban J connectivity index is 2.14. The van der Waals surface area contributed by atoms with Gasteiger partial charge in [-0.05, 0) is 12.1 Å². The summed E-state index contributed by atoms with van der Waals surface area (Å²) in [4.78, 5) is 0.500. The Morgan fingerprint density at radius 3 is 2.37 bits per heavy atom. The van der Waals surface area contributed by atoms with Crippen molar-refractivity contribution in [3.05, 3.63) is 59.1 Å². The van der Waals surface area contributed by atoms with Gasteiger partial charge in [0.25, 0.3) is 5.92 Å². The molecular formula is C14H12ClF2NS. The van der Waals surface area contributed by atoms with E-state index < -0.39 is 11.7 Å². The number of halogens is 3. The van der Waals surface area contributed by atoms with E-state index in [1.807, 2.05) is 0 Å². The topological polar surface area (TPSA) is 26.0 Å². The standard InChI is InChI=1S/C14H12ClF2NS/c15-11-7-4-8-12(18)13(11)19-9-14(16,17)10-5-2-1-3-6-10/h1-8H,9,18H2. The van der Waals surface area contributed by atoms with E-state index in [1.54, 1.807) is 36.4 Å². The minimum atomic E-state index is -2.92. The van der Waals surface area contributed by atoms with E-state index >= 15 is 0 Å². The molecule has 0 radical (unpaired) electrons. The summed E-state index contributed by atoms with van der Waals surface area (Å²) < 4.78 is 28.0. The van der Waals surface area contributed by atoms with Crippen molar-refractivity contribution < 1.29 is 8.78 Å². The Labute approximate surface area is 119 Å². The second-order valence-corrected chi connectivity index (χ2v) is 5.41. The lowest BCUT2D eigenvalue weighted by atomic mass is 10.1. The number of benzene rings is 2. The average Bonchev–Trinajstić information content (AvgIpc) is 2.39. The van der Waals surface area contributed by atoms with E-state index in [2.05, 4.69) is 0 Å². The second-order valence-electron chi connectivity index (χ2n) is 4.02. The van der Waals surface area contributed by atoms with Crippen molar-refractivity contribution in [2.45, 2.75) is 10.8 Å². The zero-order valence-corrected chi connectivity index (χ0v) is 11.5. The van der Waals surface area contributed by atoms with Crippen LogP contribution in [0.1, 0.15) is 5.56 Å². The zero-order chi connectivity index (χ0) is 13.9. The van der Waals surface area contributed by atoms with Gasteiger partial charge in [0.15, 0.2) is 0 Å². The maximum absolute atomic E-state index is 14.0. The van der Waals surface area contributed by atoms with Gasteiger partial charge in [-0.2, -0.15) is 0 Å². The molecule has 0 spiro atoms. The maximum atomic E-state index is 14.0. The number of nitrogens with two attached hydrogens (primary N) is 1. The summed E-state index contributed by atoms with van der Waals surface area (Å²) in [5.74, 6) is -3.32. The molecule has 1 nitrogen and oxygen atoms in total. The fraction of sp³-hybridized carbons (Fsp3) is 0.143. The predicted octanol–water partition coefficient (Wildman–Crippen LogP) is 4.81. The first-order chi connectivity index (χ1) is 9.00. The molecule has 0 saturated heterocycles. The fourth-order valence-electron chi connectivity index (χ4n) is 1.61. The number of nitrogen functional groups attached to an aromatic ring is 1. The van der Waals surface area contributed by atoms with Gasteiger partial charge in [0.2, 0.25) is 0 Å². The number of thioether (sulfide) groups is 1. The Bertz CT molecular complexity index is 540. The third-order valence-corrected chi connectivity index (χ3v) is 4.27. The van der Waals surface area contributed by atoms with Crippen LogP contribution >= 0.6 is 23.4 Å². The highest BCUT2D eigenvalue weighted by atomic mass is 35.5. The molecule has 0 aromatic heterocycles. The molecule has 0 bridgehead atoms. The monoisotopic (exact) mass is 299 g/mol. The summed E-state index contributed by atoms with van der Waals surface area (Å²) in [6.45, 7) is 0. The SMILES string of the molecule is Nc1cccc(Cl)c1SCC(F)(F)c1ccccc1. The summed E-state index contributed by atoms with van der Waals surface area (Å²) in [5.41, 5.74) is 6.15. The molecule has 100 valence electrons. The first-order valence-corrected chi connectivity index (χ1v) is 6.97. The molecular weight excluding hydrogens is 288 g/mol. The molecule has 0 fully saturated rings. The van der Waals surface area contributed by atoms with Crippen LogP contribution in [0.5, 0.6) is 0 Å². The molecule has 0 unspecified atom stereocenters. The van der Waals surface area contributed by atoms with Crippen molar-refractivity contribution in [3.63, 3.8) is 0 Å². The highest BCUT2D eigenvalue weighted by molar-refractivity contribution is 7.99. The smallest absolute Gasteiger partial charge is 0.282 e. The van der Waals surface area contributed by atoms with Gasteiger partial charge in [0.05, 0.1) is 10.8 Å². The van der Waals surface area contributed by atoms with Crippen LogP contribution in [0.25, 0.3) is 0 Å². The Kier molecular flexibility index (Phi) is 4.32. The number of rotatable bonds is 4. The summed E-state index contributed by atoms with van der Waals surface area (Å²) in [6, 6.07) is 12.7. The third kappa shape index (κ3) is 3.39.